The van der Waals surface area contributed by atoms with E-state index in [-0.39, 0.29) is 62.3 Å². The van der Waals surface area contributed by atoms with Gasteiger partial charge in [0.2, 0.25) is 15.9 Å². The molecule has 37 heavy (non-hydrogen) atoms. The molecule has 0 N–H and O–H groups in total. The summed E-state index contributed by atoms with van der Waals surface area (Å²) in [7, 11) is -0.617. The Morgan fingerprint density at radius 3 is 2.43 bits per heavy atom. The summed E-state index contributed by atoms with van der Waals surface area (Å²) in [6.45, 7) is 1.80. The van der Waals surface area contributed by atoms with Gasteiger partial charge < -0.3 is 14.4 Å². The van der Waals surface area contributed by atoms with E-state index in [0.29, 0.717) is 18.4 Å². The van der Waals surface area contributed by atoms with E-state index in [0.717, 1.165) is 12.1 Å². The number of sulfonamides is 1. The monoisotopic (exact) mass is 536 g/mol. The third-order valence-corrected chi connectivity index (χ3v) is 9.79. The predicted molar refractivity (Wildman–Crippen MR) is 135 cm³/mol. The lowest BCUT2D eigenvalue weighted by atomic mass is 9.85. The number of rotatable bonds is 7. The molecule has 2 aliphatic heterocycles. The second-order valence-corrected chi connectivity index (χ2v) is 12.1. The van der Waals surface area contributed by atoms with Crippen LogP contribution in [-0.2, 0) is 36.4 Å². The maximum Gasteiger partial charge on any atom is 0.248 e. The zero-order valence-corrected chi connectivity index (χ0v) is 22.3. The van der Waals surface area contributed by atoms with Crippen molar-refractivity contribution in [2.75, 3.05) is 33.9 Å². The topological polar surface area (TPSA) is 76.2 Å². The van der Waals surface area contributed by atoms with E-state index >= 15 is 8.78 Å². The van der Waals surface area contributed by atoms with Gasteiger partial charge in [-0.05, 0) is 37.5 Å². The number of carbonyl (C=O) groups is 1. The minimum absolute atomic E-state index is 0.0142. The highest BCUT2D eigenvalue weighted by molar-refractivity contribution is 7.89. The normalized spacial score (nSPS) is 23.5. The van der Waals surface area contributed by atoms with Gasteiger partial charge in [-0.2, -0.15) is 4.31 Å². The van der Waals surface area contributed by atoms with Crippen LogP contribution in [0.2, 0.25) is 0 Å². The predicted octanol–water partition coefficient (Wildman–Crippen LogP) is 4.13. The van der Waals surface area contributed by atoms with Crippen LogP contribution in [0.5, 0.6) is 0 Å². The molecule has 2 aliphatic rings. The summed E-state index contributed by atoms with van der Waals surface area (Å²) >= 11 is 0. The van der Waals surface area contributed by atoms with Gasteiger partial charge in [-0.1, -0.05) is 30.3 Å². The number of hydrogen-bond donors (Lipinski definition) is 0. The molecule has 0 aromatic heterocycles. The fraction of sp³-hybridized carbons (Fsp3) is 0.519. The van der Waals surface area contributed by atoms with E-state index in [4.69, 9.17) is 9.47 Å². The lowest BCUT2D eigenvalue weighted by molar-refractivity contribution is -0.152. The third kappa shape index (κ3) is 5.72. The third-order valence-electron chi connectivity index (χ3n) is 7.42. The van der Waals surface area contributed by atoms with Crippen LogP contribution in [0, 0.1) is 11.6 Å². The fourth-order valence-electron chi connectivity index (χ4n) is 5.10. The summed E-state index contributed by atoms with van der Waals surface area (Å²) in [6, 6.07) is 10.8. The van der Waals surface area contributed by atoms with Crippen molar-refractivity contribution in [2.24, 2.45) is 0 Å². The van der Waals surface area contributed by atoms with Gasteiger partial charge in [0, 0.05) is 63.9 Å². The highest BCUT2D eigenvalue weighted by Gasteiger charge is 2.42. The van der Waals surface area contributed by atoms with Crippen molar-refractivity contribution in [3.63, 3.8) is 0 Å². The molecular weight excluding hydrogens is 502 g/mol. The van der Waals surface area contributed by atoms with Crippen LogP contribution in [-0.4, -0.2) is 63.5 Å². The Kier molecular flexibility index (Phi) is 8.32. The molecule has 2 aromatic rings. The Morgan fingerprint density at radius 2 is 1.78 bits per heavy atom. The largest absolute Gasteiger partial charge is 0.381 e. The zero-order valence-electron chi connectivity index (χ0n) is 21.5. The lowest BCUT2D eigenvalue weighted by Crippen LogP contribution is -2.45. The SMILES string of the molecule is C[C@H]1CC[C@H](c2ccccc2)S(=O)(=O)N1Cc1cc(F)c(C2(OCC(=O)N(C)C)CCOCC2)cc1F. The van der Waals surface area contributed by atoms with Gasteiger partial charge in [0.05, 0.1) is 0 Å². The Morgan fingerprint density at radius 1 is 1.11 bits per heavy atom. The van der Waals surface area contributed by atoms with Crippen LogP contribution < -0.4 is 0 Å². The Bertz CT molecular complexity index is 1220. The molecule has 0 radical (unpaired) electrons. The first-order valence-corrected chi connectivity index (χ1v) is 14.0. The van der Waals surface area contributed by atoms with E-state index in [1.807, 2.05) is 6.07 Å². The highest BCUT2D eigenvalue weighted by Crippen LogP contribution is 2.41. The molecular formula is C27H34F2N2O5S. The van der Waals surface area contributed by atoms with Gasteiger partial charge in [0.25, 0.3) is 0 Å². The number of carbonyl (C=O) groups excluding carboxylic acids is 1. The first-order chi connectivity index (χ1) is 17.5. The van der Waals surface area contributed by atoms with Gasteiger partial charge in [0.15, 0.2) is 0 Å². The maximum absolute atomic E-state index is 15.6. The average molecular weight is 537 g/mol. The van der Waals surface area contributed by atoms with Crippen LogP contribution in [0.3, 0.4) is 0 Å². The minimum atomic E-state index is -3.80. The number of benzene rings is 2. The van der Waals surface area contributed by atoms with E-state index < -0.39 is 32.5 Å². The lowest BCUT2D eigenvalue weighted by Gasteiger charge is -2.39. The van der Waals surface area contributed by atoms with Gasteiger partial charge in [-0.3, -0.25) is 4.79 Å². The standard InChI is InChI=1S/C27H34F2N2O5S/c1-19-9-10-25(20-7-5-4-6-8-20)37(33,34)31(19)17-21-15-24(29)22(16-23(21)28)27(11-13-35-14-12-27)36-18-26(32)30(2)3/h4-8,15-16,19,25H,9-14,17-18H2,1-3H3/t19-,25+/m0/s1. The van der Waals surface area contributed by atoms with E-state index in [1.165, 1.54) is 9.21 Å². The summed E-state index contributed by atoms with van der Waals surface area (Å²) in [5, 5.41) is -0.731. The van der Waals surface area contributed by atoms with Crippen molar-refractivity contribution in [2.45, 2.75) is 56.0 Å². The van der Waals surface area contributed by atoms with Crippen LogP contribution in [0.25, 0.3) is 0 Å². The first kappa shape index (κ1) is 27.6. The molecule has 1 amide bonds. The molecule has 4 rings (SSSR count). The van der Waals surface area contributed by atoms with Crippen molar-refractivity contribution in [3.05, 3.63) is 70.8 Å². The average Bonchev–Trinajstić information content (AvgIpc) is 2.87. The summed E-state index contributed by atoms with van der Waals surface area (Å²) < 4.78 is 70.8. The smallest absolute Gasteiger partial charge is 0.248 e. The highest BCUT2D eigenvalue weighted by atomic mass is 32.2. The molecule has 0 bridgehead atoms. The molecule has 202 valence electrons. The van der Waals surface area contributed by atoms with Crippen molar-refractivity contribution < 1.29 is 31.5 Å². The number of hydrogen-bond acceptors (Lipinski definition) is 5. The van der Waals surface area contributed by atoms with Gasteiger partial charge in [-0.25, -0.2) is 17.2 Å². The Hall–Kier alpha value is -2.40. The molecule has 2 saturated heterocycles. The first-order valence-electron chi connectivity index (χ1n) is 12.5. The summed E-state index contributed by atoms with van der Waals surface area (Å²) in [6.07, 6.45) is 1.60. The van der Waals surface area contributed by atoms with Crippen molar-refractivity contribution in [1.29, 1.82) is 0 Å². The Balaban J connectivity index is 1.63. The maximum atomic E-state index is 15.6. The minimum Gasteiger partial charge on any atom is -0.381 e. The quantitative estimate of drug-likeness (QED) is 0.532. The molecule has 7 nitrogen and oxygen atoms in total. The second kappa shape index (κ2) is 11.1. The number of amides is 1. The van der Waals surface area contributed by atoms with Crippen LogP contribution in [0.15, 0.2) is 42.5 Å². The van der Waals surface area contributed by atoms with E-state index in [9.17, 15) is 13.2 Å². The number of ether oxygens (including phenoxy) is 2. The van der Waals surface area contributed by atoms with E-state index in [2.05, 4.69) is 0 Å². The van der Waals surface area contributed by atoms with Crippen LogP contribution in [0.1, 0.15) is 54.5 Å². The summed E-state index contributed by atoms with van der Waals surface area (Å²) in [5.41, 5.74) is -0.555. The van der Waals surface area contributed by atoms with Gasteiger partial charge in [0.1, 0.15) is 29.1 Å². The molecule has 2 fully saturated rings. The molecule has 10 heteroatoms. The molecule has 0 saturated carbocycles. The van der Waals surface area contributed by atoms with Crippen molar-refractivity contribution >= 4 is 15.9 Å². The second-order valence-electron chi connectivity index (χ2n) is 10.0. The molecule has 0 spiro atoms. The van der Waals surface area contributed by atoms with Crippen molar-refractivity contribution in [1.82, 2.24) is 9.21 Å². The molecule has 0 aliphatic carbocycles. The number of nitrogens with zero attached hydrogens (tertiary/aromatic N) is 2. The van der Waals surface area contributed by atoms with Crippen LogP contribution in [0.4, 0.5) is 8.78 Å². The Labute approximate surface area is 217 Å². The number of likely N-dealkylation sites (N-methyl/N-ethyl adjacent to an activating group) is 1. The van der Waals surface area contributed by atoms with Crippen LogP contribution >= 0.6 is 0 Å². The molecule has 0 unspecified atom stereocenters. The molecule has 2 atom stereocenters. The molecule has 2 aromatic carbocycles. The zero-order chi connectivity index (χ0) is 26.8. The van der Waals surface area contributed by atoms with Gasteiger partial charge in [-0.15, -0.1) is 0 Å². The van der Waals surface area contributed by atoms with E-state index in [1.54, 1.807) is 45.3 Å². The van der Waals surface area contributed by atoms with Crippen molar-refractivity contribution in [3.8, 4) is 0 Å². The summed E-state index contributed by atoms with van der Waals surface area (Å²) in [4.78, 5) is 13.5. The molecule has 2 heterocycles. The van der Waals surface area contributed by atoms with Gasteiger partial charge >= 0.3 is 0 Å². The summed E-state index contributed by atoms with van der Waals surface area (Å²) in [5.74, 6) is -1.70. The fourth-order valence-corrected chi connectivity index (χ4v) is 7.29. The number of halogens is 2.